The van der Waals surface area contributed by atoms with Gasteiger partial charge in [0, 0.05) is 34.8 Å². The maximum Gasteiger partial charge on any atom is 0.126 e. The highest BCUT2D eigenvalue weighted by Gasteiger charge is 2.28. The van der Waals surface area contributed by atoms with Gasteiger partial charge >= 0.3 is 0 Å². The number of aryl methyl sites for hydroxylation is 1. The van der Waals surface area contributed by atoms with Gasteiger partial charge in [0.1, 0.15) is 5.82 Å². The van der Waals surface area contributed by atoms with Gasteiger partial charge in [-0.2, -0.15) is 11.8 Å². The molecule has 0 radical (unpaired) electrons. The van der Waals surface area contributed by atoms with Gasteiger partial charge in [-0.15, -0.1) is 0 Å². The lowest BCUT2D eigenvalue weighted by atomic mass is 10.0. The second-order valence-corrected chi connectivity index (χ2v) is 6.83. The topological polar surface area (TPSA) is 23.5 Å². The number of benzene rings is 1. The van der Waals surface area contributed by atoms with Gasteiger partial charge in [-0.1, -0.05) is 6.92 Å². The van der Waals surface area contributed by atoms with Crippen molar-refractivity contribution in [2.45, 2.75) is 45.1 Å². The standard InChI is InChI=1S/C15H22FNOS/c1-9-7-15(13(11(3)18)8-14(9)16)17-5-6-19-12(4)10(17)2/h7-8,10-12,18H,5-6H2,1-4H3/t10?,11-,12?/m1/s1. The first-order valence-electron chi connectivity index (χ1n) is 6.78. The van der Waals surface area contributed by atoms with Gasteiger partial charge in [0.15, 0.2) is 0 Å². The summed E-state index contributed by atoms with van der Waals surface area (Å²) in [4.78, 5) is 2.30. The zero-order chi connectivity index (χ0) is 14.2. The van der Waals surface area contributed by atoms with E-state index in [4.69, 9.17) is 0 Å². The second-order valence-electron chi connectivity index (χ2n) is 5.35. The third-order valence-corrected chi connectivity index (χ3v) is 5.29. The van der Waals surface area contributed by atoms with Gasteiger partial charge in [-0.25, -0.2) is 4.39 Å². The van der Waals surface area contributed by atoms with E-state index >= 15 is 0 Å². The molecule has 0 spiro atoms. The zero-order valence-corrected chi connectivity index (χ0v) is 12.8. The van der Waals surface area contributed by atoms with Gasteiger partial charge in [0.25, 0.3) is 0 Å². The molecule has 2 nitrogen and oxygen atoms in total. The number of halogens is 1. The molecule has 1 saturated heterocycles. The number of anilines is 1. The number of thioether (sulfide) groups is 1. The van der Waals surface area contributed by atoms with Gasteiger partial charge < -0.3 is 10.0 Å². The van der Waals surface area contributed by atoms with E-state index in [1.54, 1.807) is 13.8 Å². The summed E-state index contributed by atoms with van der Waals surface area (Å²) >= 11 is 1.97. The van der Waals surface area contributed by atoms with Crippen molar-refractivity contribution in [2.75, 3.05) is 17.2 Å². The molecule has 1 fully saturated rings. The minimum Gasteiger partial charge on any atom is -0.389 e. The van der Waals surface area contributed by atoms with Crippen molar-refractivity contribution in [3.8, 4) is 0 Å². The van der Waals surface area contributed by atoms with Gasteiger partial charge in [0.05, 0.1) is 6.10 Å². The first kappa shape index (κ1) is 14.7. The van der Waals surface area contributed by atoms with E-state index < -0.39 is 6.10 Å². The Labute approximate surface area is 119 Å². The van der Waals surface area contributed by atoms with Crippen LogP contribution in [0.1, 0.15) is 38.0 Å². The van der Waals surface area contributed by atoms with Crippen LogP contribution >= 0.6 is 11.8 Å². The maximum atomic E-state index is 13.7. The number of hydrogen-bond donors (Lipinski definition) is 1. The molecule has 0 aromatic heterocycles. The second kappa shape index (κ2) is 5.71. The van der Waals surface area contributed by atoms with E-state index in [1.807, 2.05) is 17.8 Å². The van der Waals surface area contributed by atoms with E-state index in [0.717, 1.165) is 18.0 Å². The molecule has 2 rings (SSSR count). The predicted octanol–water partition coefficient (Wildman–Crippen LogP) is 3.52. The average molecular weight is 283 g/mol. The smallest absolute Gasteiger partial charge is 0.126 e. The molecule has 19 heavy (non-hydrogen) atoms. The monoisotopic (exact) mass is 283 g/mol. The number of aliphatic hydroxyl groups is 1. The lowest BCUT2D eigenvalue weighted by Crippen LogP contribution is -2.45. The van der Waals surface area contributed by atoms with Crippen LogP contribution in [-0.2, 0) is 0 Å². The first-order valence-corrected chi connectivity index (χ1v) is 7.83. The molecule has 0 saturated carbocycles. The van der Waals surface area contributed by atoms with Crippen LogP contribution in [0.5, 0.6) is 0 Å². The molecular formula is C15H22FNOS. The third-order valence-electron chi connectivity index (χ3n) is 3.95. The van der Waals surface area contributed by atoms with E-state index in [-0.39, 0.29) is 5.82 Å². The minimum absolute atomic E-state index is 0.244. The quantitative estimate of drug-likeness (QED) is 0.898. The van der Waals surface area contributed by atoms with Crippen molar-refractivity contribution >= 4 is 17.4 Å². The molecule has 4 heteroatoms. The molecular weight excluding hydrogens is 261 g/mol. The van der Waals surface area contributed by atoms with E-state index in [0.29, 0.717) is 22.4 Å². The summed E-state index contributed by atoms with van der Waals surface area (Å²) in [5.41, 5.74) is 2.31. The van der Waals surface area contributed by atoms with Crippen LogP contribution in [-0.4, -0.2) is 28.7 Å². The summed E-state index contributed by atoms with van der Waals surface area (Å²) in [6.07, 6.45) is -0.651. The summed E-state index contributed by atoms with van der Waals surface area (Å²) in [7, 11) is 0. The Bertz CT molecular complexity index is 464. The molecule has 3 atom stereocenters. The third kappa shape index (κ3) is 2.90. The van der Waals surface area contributed by atoms with Crippen LogP contribution in [0, 0.1) is 12.7 Å². The lowest BCUT2D eigenvalue weighted by molar-refractivity contribution is 0.199. The molecule has 0 aliphatic carbocycles. The van der Waals surface area contributed by atoms with Crippen LogP contribution in [0.25, 0.3) is 0 Å². The molecule has 1 aromatic carbocycles. The largest absolute Gasteiger partial charge is 0.389 e. The summed E-state index contributed by atoms with van der Waals surface area (Å²) in [5.74, 6) is 0.827. The summed E-state index contributed by atoms with van der Waals surface area (Å²) in [5, 5.41) is 10.4. The molecule has 1 N–H and O–H groups in total. The molecule has 2 unspecified atom stereocenters. The number of nitrogens with zero attached hydrogens (tertiary/aromatic N) is 1. The lowest BCUT2D eigenvalue weighted by Gasteiger charge is -2.40. The number of aliphatic hydroxyl groups excluding tert-OH is 1. The molecule has 1 aliphatic heterocycles. The highest BCUT2D eigenvalue weighted by molar-refractivity contribution is 8.00. The fourth-order valence-electron chi connectivity index (χ4n) is 2.54. The van der Waals surface area contributed by atoms with Gasteiger partial charge in [0.2, 0.25) is 0 Å². The minimum atomic E-state index is -0.651. The van der Waals surface area contributed by atoms with Crippen molar-refractivity contribution in [3.05, 3.63) is 29.1 Å². The molecule has 106 valence electrons. The maximum absolute atomic E-state index is 13.7. The summed E-state index contributed by atoms with van der Waals surface area (Å²) in [6.45, 7) is 8.83. The van der Waals surface area contributed by atoms with Crippen LogP contribution in [0.4, 0.5) is 10.1 Å². The van der Waals surface area contributed by atoms with Crippen LogP contribution in [0.2, 0.25) is 0 Å². The van der Waals surface area contributed by atoms with Crippen molar-refractivity contribution in [3.63, 3.8) is 0 Å². The highest BCUT2D eigenvalue weighted by Crippen LogP contribution is 2.35. The van der Waals surface area contributed by atoms with E-state index in [2.05, 4.69) is 18.7 Å². The predicted molar refractivity (Wildman–Crippen MR) is 80.5 cm³/mol. The van der Waals surface area contributed by atoms with E-state index in [1.165, 1.54) is 6.07 Å². The molecule has 0 amide bonds. The molecule has 0 bridgehead atoms. The Morgan fingerprint density at radius 2 is 2.11 bits per heavy atom. The van der Waals surface area contributed by atoms with E-state index in [9.17, 15) is 9.50 Å². The first-order chi connectivity index (χ1) is 8.91. The van der Waals surface area contributed by atoms with Crippen LogP contribution < -0.4 is 4.90 Å². The van der Waals surface area contributed by atoms with Crippen LogP contribution in [0.3, 0.4) is 0 Å². The Balaban J connectivity index is 2.45. The Hall–Kier alpha value is -0.740. The summed E-state index contributed by atoms with van der Waals surface area (Å²) < 4.78 is 13.7. The molecule has 1 aromatic rings. The summed E-state index contributed by atoms with van der Waals surface area (Å²) in [6, 6.07) is 3.74. The fraction of sp³-hybridized carbons (Fsp3) is 0.600. The van der Waals surface area contributed by atoms with Crippen molar-refractivity contribution in [1.29, 1.82) is 0 Å². The Kier molecular flexibility index (Phi) is 4.41. The normalized spacial score (nSPS) is 25.5. The van der Waals surface area contributed by atoms with Gasteiger partial charge in [-0.3, -0.25) is 0 Å². The number of rotatable bonds is 2. The molecule has 1 aliphatic rings. The van der Waals surface area contributed by atoms with Crippen molar-refractivity contribution < 1.29 is 9.50 Å². The zero-order valence-electron chi connectivity index (χ0n) is 12.0. The SMILES string of the molecule is Cc1cc(N2CCSC(C)C2C)c([C@@H](C)O)cc1F. The van der Waals surface area contributed by atoms with Crippen molar-refractivity contribution in [1.82, 2.24) is 0 Å². The number of hydrogen-bond acceptors (Lipinski definition) is 3. The average Bonchev–Trinajstić information content (AvgIpc) is 2.35. The van der Waals surface area contributed by atoms with Crippen LogP contribution in [0.15, 0.2) is 12.1 Å². The van der Waals surface area contributed by atoms with Crippen molar-refractivity contribution in [2.24, 2.45) is 0 Å². The fourth-order valence-corrected chi connectivity index (χ4v) is 3.64. The Morgan fingerprint density at radius 3 is 2.74 bits per heavy atom. The highest BCUT2D eigenvalue weighted by atomic mass is 32.2. The van der Waals surface area contributed by atoms with Gasteiger partial charge in [-0.05, 0) is 38.5 Å². The molecule has 1 heterocycles. The Morgan fingerprint density at radius 1 is 1.42 bits per heavy atom.